The van der Waals surface area contributed by atoms with Crippen LogP contribution in [-0.4, -0.2) is 68.1 Å². The minimum absolute atomic E-state index is 0.0448. The summed E-state index contributed by atoms with van der Waals surface area (Å²) in [6.45, 7) is 4.69. The minimum Gasteiger partial charge on any atom is -0.387 e. The second-order valence-electron chi connectivity index (χ2n) is 4.05. The Balaban J connectivity index is 2.84. The van der Waals surface area contributed by atoms with Crippen molar-refractivity contribution in [1.82, 2.24) is 0 Å². The van der Waals surface area contributed by atoms with Crippen molar-refractivity contribution in [3.8, 4) is 0 Å². The third-order valence-corrected chi connectivity index (χ3v) is 2.63. The van der Waals surface area contributed by atoms with Gasteiger partial charge in [0.1, 0.15) is 30.5 Å². The number of Topliss-reactive ketones (excluding diaryl/α,β-unsaturated/α-hetero) is 1. The van der Waals surface area contributed by atoms with E-state index < -0.39 is 42.6 Å². The lowest BCUT2D eigenvalue weighted by Crippen LogP contribution is -2.61. The molecule has 98 valence electrons. The van der Waals surface area contributed by atoms with Crippen molar-refractivity contribution >= 4 is 5.78 Å². The zero-order valence-electron chi connectivity index (χ0n) is 9.22. The van der Waals surface area contributed by atoms with E-state index in [4.69, 9.17) is 4.74 Å². The molecule has 1 saturated heterocycles. The first kappa shape index (κ1) is 14.2. The highest BCUT2D eigenvalue weighted by Crippen LogP contribution is 2.23. The summed E-state index contributed by atoms with van der Waals surface area (Å²) in [5.74, 6) is -0.773. The van der Waals surface area contributed by atoms with Crippen LogP contribution in [0.5, 0.6) is 0 Å². The SMILES string of the molecule is C=C(C)C(=O)C(O)[C@H]1OC(O)[C@H](O)[C@@H](O)[C@H]1O. The van der Waals surface area contributed by atoms with Crippen LogP contribution in [0.15, 0.2) is 12.2 Å². The summed E-state index contributed by atoms with van der Waals surface area (Å²) < 4.78 is 4.70. The van der Waals surface area contributed by atoms with Gasteiger partial charge in [0.05, 0.1) is 0 Å². The lowest BCUT2D eigenvalue weighted by atomic mass is 9.92. The number of carbonyl (C=O) groups excluding carboxylic acids is 1. The van der Waals surface area contributed by atoms with E-state index in [0.29, 0.717) is 0 Å². The molecule has 1 aliphatic heterocycles. The smallest absolute Gasteiger partial charge is 0.189 e. The van der Waals surface area contributed by atoms with Crippen LogP contribution in [0.2, 0.25) is 0 Å². The Morgan fingerprint density at radius 1 is 1.18 bits per heavy atom. The standard InChI is InChI=1S/C10H16O7/c1-3(2)4(11)6(13)9-7(14)5(12)8(15)10(16)17-9/h5-10,12-16H,1H2,2H3/t5-,6?,7+,8+,9+,10?/m0/s1. The Morgan fingerprint density at radius 2 is 1.71 bits per heavy atom. The molecule has 0 amide bonds. The van der Waals surface area contributed by atoms with Gasteiger partial charge in [0.2, 0.25) is 0 Å². The molecule has 17 heavy (non-hydrogen) atoms. The molecule has 1 fully saturated rings. The van der Waals surface area contributed by atoms with E-state index in [9.17, 15) is 30.3 Å². The number of rotatable bonds is 3. The first-order chi connectivity index (χ1) is 7.77. The summed E-state index contributed by atoms with van der Waals surface area (Å²) in [5.41, 5.74) is 0.0448. The number of aliphatic hydroxyl groups excluding tert-OH is 5. The van der Waals surface area contributed by atoms with Gasteiger partial charge in [-0.15, -0.1) is 0 Å². The highest BCUT2D eigenvalue weighted by atomic mass is 16.6. The highest BCUT2D eigenvalue weighted by molar-refractivity contribution is 5.98. The fourth-order valence-corrected chi connectivity index (χ4v) is 1.55. The topological polar surface area (TPSA) is 127 Å². The van der Waals surface area contributed by atoms with Gasteiger partial charge in [-0.25, -0.2) is 0 Å². The lowest BCUT2D eigenvalue weighted by Gasteiger charge is -2.39. The number of carbonyl (C=O) groups is 1. The van der Waals surface area contributed by atoms with E-state index in [2.05, 4.69) is 6.58 Å². The summed E-state index contributed by atoms with van der Waals surface area (Å²) in [7, 11) is 0. The zero-order valence-corrected chi connectivity index (χ0v) is 9.22. The molecule has 5 N–H and O–H groups in total. The fraction of sp³-hybridized carbons (Fsp3) is 0.700. The molecule has 0 aromatic heterocycles. The van der Waals surface area contributed by atoms with Gasteiger partial charge in [-0.3, -0.25) is 4.79 Å². The van der Waals surface area contributed by atoms with Crippen LogP contribution in [0.1, 0.15) is 6.92 Å². The zero-order chi connectivity index (χ0) is 13.3. The molecule has 0 aromatic carbocycles. The van der Waals surface area contributed by atoms with Gasteiger partial charge in [0.15, 0.2) is 12.1 Å². The Labute approximate surface area is 97.6 Å². The number of hydrogen-bond donors (Lipinski definition) is 5. The molecule has 1 aliphatic rings. The maximum absolute atomic E-state index is 11.4. The molecule has 7 heteroatoms. The average Bonchev–Trinajstić information content (AvgIpc) is 2.29. The number of ketones is 1. The van der Waals surface area contributed by atoms with Crippen LogP contribution in [0.25, 0.3) is 0 Å². The predicted molar refractivity (Wildman–Crippen MR) is 54.7 cm³/mol. The number of hydrogen-bond acceptors (Lipinski definition) is 7. The Kier molecular flexibility index (Phi) is 4.36. The van der Waals surface area contributed by atoms with Crippen LogP contribution < -0.4 is 0 Å². The van der Waals surface area contributed by atoms with Gasteiger partial charge in [0.25, 0.3) is 0 Å². The predicted octanol–water partition coefficient (Wildman–Crippen LogP) is -2.71. The molecule has 0 radical (unpaired) electrons. The molecule has 0 spiro atoms. The third-order valence-electron chi connectivity index (χ3n) is 2.63. The first-order valence-electron chi connectivity index (χ1n) is 5.03. The Bertz CT molecular complexity index is 316. The summed E-state index contributed by atoms with van der Waals surface area (Å²) >= 11 is 0. The molecule has 7 nitrogen and oxygen atoms in total. The quantitative estimate of drug-likeness (QED) is 0.344. The summed E-state index contributed by atoms with van der Waals surface area (Å²) in [5, 5.41) is 46.9. The minimum atomic E-state index is -1.79. The second kappa shape index (κ2) is 5.21. The maximum atomic E-state index is 11.4. The maximum Gasteiger partial charge on any atom is 0.189 e. The summed E-state index contributed by atoms with van der Waals surface area (Å²) in [6, 6.07) is 0. The van der Waals surface area contributed by atoms with E-state index >= 15 is 0 Å². The monoisotopic (exact) mass is 248 g/mol. The molecular weight excluding hydrogens is 232 g/mol. The largest absolute Gasteiger partial charge is 0.387 e. The molecule has 2 unspecified atom stereocenters. The number of ether oxygens (including phenoxy) is 1. The Hall–Kier alpha value is -0.830. The van der Waals surface area contributed by atoms with E-state index in [0.717, 1.165) is 0 Å². The fourth-order valence-electron chi connectivity index (χ4n) is 1.55. The van der Waals surface area contributed by atoms with Crippen molar-refractivity contribution in [3.63, 3.8) is 0 Å². The Morgan fingerprint density at radius 3 is 2.18 bits per heavy atom. The van der Waals surface area contributed by atoms with Crippen molar-refractivity contribution in [3.05, 3.63) is 12.2 Å². The molecule has 0 bridgehead atoms. The first-order valence-corrected chi connectivity index (χ1v) is 5.03. The highest BCUT2D eigenvalue weighted by Gasteiger charge is 2.47. The number of aliphatic hydroxyl groups is 5. The molecule has 0 saturated carbocycles. The van der Waals surface area contributed by atoms with Crippen LogP contribution in [0.3, 0.4) is 0 Å². The van der Waals surface area contributed by atoms with Gasteiger partial charge in [-0.2, -0.15) is 0 Å². The van der Waals surface area contributed by atoms with Gasteiger partial charge in [-0.05, 0) is 12.5 Å². The normalized spacial score (nSPS) is 39.8. The van der Waals surface area contributed by atoms with Crippen LogP contribution in [0, 0.1) is 0 Å². The van der Waals surface area contributed by atoms with E-state index in [-0.39, 0.29) is 5.57 Å². The van der Waals surface area contributed by atoms with Gasteiger partial charge >= 0.3 is 0 Å². The molecular formula is C10H16O7. The van der Waals surface area contributed by atoms with Gasteiger partial charge in [0, 0.05) is 0 Å². The molecule has 1 rings (SSSR count). The van der Waals surface area contributed by atoms with E-state index in [1.807, 2.05) is 0 Å². The van der Waals surface area contributed by atoms with Gasteiger partial charge < -0.3 is 30.3 Å². The van der Waals surface area contributed by atoms with Gasteiger partial charge in [-0.1, -0.05) is 6.58 Å². The second-order valence-corrected chi connectivity index (χ2v) is 4.05. The van der Waals surface area contributed by atoms with Crippen molar-refractivity contribution in [2.75, 3.05) is 0 Å². The molecule has 0 aliphatic carbocycles. The summed E-state index contributed by atoms with van der Waals surface area (Å²) in [4.78, 5) is 11.4. The van der Waals surface area contributed by atoms with Crippen molar-refractivity contribution in [2.24, 2.45) is 0 Å². The average molecular weight is 248 g/mol. The van der Waals surface area contributed by atoms with Crippen molar-refractivity contribution < 1.29 is 35.1 Å². The third kappa shape index (κ3) is 2.71. The molecule has 0 aromatic rings. The molecule has 1 heterocycles. The lowest BCUT2D eigenvalue weighted by molar-refractivity contribution is -0.293. The van der Waals surface area contributed by atoms with Crippen LogP contribution >= 0.6 is 0 Å². The van der Waals surface area contributed by atoms with Crippen molar-refractivity contribution in [1.29, 1.82) is 0 Å². The van der Waals surface area contributed by atoms with E-state index in [1.165, 1.54) is 6.92 Å². The molecule has 6 atom stereocenters. The van der Waals surface area contributed by atoms with Crippen LogP contribution in [-0.2, 0) is 9.53 Å². The summed E-state index contributed by atoms with van der Waals surface area (Å²) in [6.07, 6.45) is -10.2. The van der Waals surface area contributed by atoms with Crippen LogP contribution in [0.4, 0.5) is 0 Å². The van der Waals surface area contributed by atoms with E-state index in [1.54, 1.807) is 0 Å². The van der Waals surface area contributed by atoms with Crippen molar-refractivity contribution in [2.45, 2.75) is 43.7 Å².